The normalized spacial score (nSPS) is 11.4. The molecule has 0 spiro atoms. The molecular formula is C16H19NO3S2. The summed E-state index contributed by atoms with van der Waals surface area (Å²) in [6, 6.07) is 6.87. The van der Waals surface area contributed by atoms with Crippen molar-refractivity contribution in [3.8, 4) is 0 Å². The molecule has 22 heavy (non-hydrogen) atoms. The zero-order chi connectivity index (χ0) is 16.3. The molecule has 0 atom stereocenters. The number of hydrogen-bond acceptors (Lipinski definition) is 4. The summed E-state index contributed by atoms with van der Waals surface area (Å²) in [5, 5.41) is 3.96. The summed E-state index contributed by atoms with van der Waals surface area (Å²) < 4.78 is 23.8. The van der Waals surface area contributed by atoms with Crippen LogP contribution in [-0.4, -0.2) is 32.5 Å². The first-order valence-corrected chi connectivity index (χ1v) is 9.76. The van der Waals surface area contributed by atoms with Crippen LogP contribution in [0.1, 0.15) is 28.4 Å². The zero-order valence-corrected chi connectivity index (χ0v) is 14.5. The summed E-state index contributed by atoms with van der Waals surface area (Å²) in [6.45, 7) is 2.40. The summed E-state index contributed by atoms with van der Waals surface area (Å²) >= 11 is 1.58. The van der Waals surface area contributed by atoms with Gasteiger partial charge < -0.3 is 4.90 Å². The fourth-order valence-electron chi connectivity index (χ4n) is 2.27. The smallest absolute Gasteiger partial charge is 0.253 e. The number of hydrogen-bond donors (Lipinski definition) is 0. The van der Waals surface area contributed by atoms with Gasteiger partial charge in [-0.2, -0.15) is 11.3 Å². The van der Waals surface area contributed by atoms with Crippen molar-refractivity contribution in [2.75, 3.05) is 13.3 Å². The van der Waals surface area contributed by atoms with Crippen molar-refractivity contribution in [3.63, 3.8) is 0 Å². The van der Waals surface area contributed by atoms with Crippen molar-refractivity contribution in [3.05, 3.63) is 51.7 Å². The SMILES string of the molecule is CCc1ccc(C(=O)N(C)Cc2ccsc2)cc1S(C)(=O)=O. The van der Waals surface area contributed by atoms with Gasteiger partial charge in [-0.25, -0.2) is 8.42 Å². The molecule has 1 amide bonds. The highest BCUT2D eigenvalue weighted by Gasteiger charge is 2.18. The topological polar surface area (TPSA) is 54.5 Å². The van der Waals surface area contributed by atoms with Gasteiger partial charge in [-0.3, -0.25) is 4.79 Å². The van der Waals surface area contributed by atoms with Gasteiger partial charge >= 0.3 is 0 Å². The van der Waals surface area contributed by atoms with E-state index in [0.717, 1.165) is 11.1 Å². The first-order valence-electron chi connectivity index (χ1n) is 6.92. The molecular weight excluding hydrogens is 318 g/mol. The average molecular weight is 337 g/mol. The van der Waals surface area contributed by atoms with E-state index in [1.54, 1.807) is 35.4 Å². The van der Waals surface area contributed by atoms with Crippen molar-refractivity contribution in [1.29, 1.82) is 0 Å². The highest BCUT2D eigenvalue weighted by molar-refractivity contribution is 7.90. The Labute approximate surface area is 135 Å². The molecule has 1 aromatic heterocycles. The van der Waals surface area contributed by atoms with Crippen molar-refractivity contribution in [1.82, 2.24) is 4.90 Å². The van der Waals surface area contributed by atoms with Crippen LogP contribution in [0, 0.1) is 0 Å². The number of nitrogens with zero attached hydrogens (tertiary/aromatic N) is 1. The molecule has 2 aromatic rings. The van der Waals surface area contributed by atoms with Crippen LogP contribution in [0.2, 0.25) is 0 Å². The summed E-state index contributed by atoms with van der Waals surface area (Å²) in [5.74, 6) is -0.182. The van der Waals surface area contributed by atoms with Gasteiger partial charge in [-0.15, -0.1) is 0 Å². The minimum absolute atomic E-state index is 0.182. The molecule has 2 rings (SSSR count). The summed E-state index contributed by atoms with van der Waals surface area (Å²) in [6.07, 6.45) is 1.78. The molecule has 0 unspecified atom stereocenters. The number of aryl methyl sites for hydroxylation is 1. The predicted octanol–water partition coefficient (Wildman–Crippen LogP) is 2.99. The van der Waals surface area contributed by atoms with Crippen LogP contribution >= 0.6 is 11.3 Å². The highest BCUT2D eigenvalue weighted by Crippen LogP contribution is 2.20. The Balaban J connectivity index is 2.30. The molecule has 0 radical (unpaired) electrons. The number of thiophene rings is 1. The second-order valence-corrected chi connectivity index (χ2v) is 8.01. The average Bonchev–Trinajstić information content (AvgIpc) is 2.97. The molecule has 0 aliphatic carbocycles. The summed E-state index contributed by atoms with van der Waals surface area (Å²) in [5.41, 5.74) is 2.20. The lowest BCUT2D eigenvalue weighted by Crippen LogP contribution is -2.26. The lowest BCUT2D eigenvalue weighted by atomic mass is 10.1. The third kappa shape index (κ3) is 3.75. The largest absolute Gasteiger partial charge is 0.337 e. The van der Waals surface area contributed by atoms with Crippen LogP contribution < -0.4 is 0 Å². The third-order valence-electron chi connectivity index (χ3n) is 3.44. The van der Waals surface area contributed by atoms with E-state index >= 15 is 0 Å². The van der Waals surface area contributed by atoms with E-state index in [-0.39, 0.29) is 10.8 Å². The Bertz CT molecular complexity index is 765. The Morgan fingerprint density at radius 3 is 2.55 bits per heavy atom. The summed E-state index contributed by atoms with van der Waals surface area (Å²) in [4.78, 5) is 14.3. The molecule has 0 bridgehead atoms. The van der Waals surface area contributed by atoms with Crippen LogP contribution in [0.25, 0.3) is 0 Å². The van der Waals surface area contributed by atoms with Gasteiger partial charge in [0, 0.05) is 25.4 Å². The maximum absolute atomic E-state index is 12.5. The number of carbonyl (C=O) groups excluding carboxylic acids is 1. The number of benzene rings is 1. The van der Waals surface area contributed by atoms with E-state index < -0.39 is 9.84 Å². The highest BCUT2D eigenvalue weighted by atomic mass is 32.2. The number of carbonyl (C=O) groups is 1. The molecule has 118 valence electrons. The molecule has 6 heteroatoms. The summed E-state index contributed by atoms with van der Waals surface area (Å²) in [7, 11) is -1.63. The quantitative estimate of drug-likeness (QED) is 0.843. The zero-order valence-electron chi connectivity index (χ0n) is 12.9. The first kappa shape index (κ1) is 16.7. The second kappa shape index (κ2) is 6.62. The Hall–Kier alpha value is -1.66. The van der Waals surface area contributed by atoms with Gasteiger partial charge in [0.2, 0.25) is 0 Å². The van der Waals surface area contributed by atoms with Crippen molar-refractivity contribution in [2.45, 2.75) is 24.8 Å². The number of rotatable bonds is 5. The van der Waals surface area contributed by atoms with E-state index in [2.05, 4.69) is 0 Å². The Morgan fingerprint density at radius 2 is 2.00 bits per heavy atom. The monoisotopic (exact) mass is 337 g/mol. The fourth-order valence-corrected chi connectivity index (χ4v) is 3.96. The molecule has 0 saturated heterocycles. The first-order chi connectivity index (χ1) is 10.3. The number of amides is 1. The van der Waals surface area contributed by atoms with Crippen LogP contribution in [0.15, 0.2) is 39.9 Å². The molecule has 0 aliphatic heterocycles. The van der Waals surface area contributed by atoms with Gasteiger partial charge in [-0.1, -0.05) is 13.0 Å². The van der Waals surface area contributed by atoms with E-state index in [1.165, 1.54) is 12.3 Å². The molecule has 4 nitrogen and oxygen atoms in total. The lowest BCUT2D eigenvalue weighted by Gasteiger charge is -2.17. The minimum Gasteiger partial charge on any atom is -0.337 e. The van der Waals surface area contributed by atoms with Crippen LogP contribution in [0.4, 0.5) is 0 Å². The van der Waals surface area contributed by atoms with Gasteiger partial charge in [0.15, 0.2) is 9.84 Å². The fraction of sp³-hybridized carbons (Fsp3) is 0.312. The van der Waals surface area contributed by atoms with Gasteiger partial charge in [0.1, 0.15) is 0 Å². The third-order valence-corrected chi connectivity index (χ3v) is 5.35. The van der Waals surface area contributed by atoms with E-state index in [9.17, 15) is 13.2 Å². The molecule has 0 N–H and O–H groups in total. The maximum Gasteiger partial charge on any atom is 0.253 e. The predicted molar refractivity (Wildman–Crippen MR) is 89.0 cm³/mol. The minimum atomic E-state index is -3.35. The lowest BCUT2D eigenvalue weighted by molar-refractivity contribution is 0.0785. The van der Waals surface area contributed by atoms with Crippen molar-refractivity contribution in [2.24, 2.45) is 0 Å². The van der Waals surface area contributed by atoms with Gasteiger partial charge in [-0.05, 0) is 46.5 Å². The maximum atomic E-state index is 12.5. The van der Waals surface area contributed by atoms with Crippen LogP contribution in [0.3, 0.4) is 0 Å². The molecule has 0 saturated carbocycles. The Morgan fingerprint density at radius 1 is 1.27 bits per heavy atom. The van der Waals surface area contributed by atoms with Crippen LogP contribution in [-0.2, 0) is 22.8 Å². The second-order valence-electron chi connectivity index (χ2n) is 5.24. The standard InChI is InChI=1S/C16H19NO3S2/c1-4-13-5-6-14(9-15(13)22(3,19)20)16(18)17(2)10-12-7-8-21-11-12/h5-9,11H,4,10H2,1-3H3. The molecule has 1 heterocycles. The Kier molecular flexibility index (Phi) is 5.03. The van der Waals surface area contributed by atoms with Gasteiger partial charge in [0.25, 0.3) is 5.91 Å². The molecule has 0 aliphatic rings. The molecule has 0 fully saturated rings. The van der Waals surface area contributed by atoms with E-state index in [0.29, 0.717) is 18.5 Å². The van der Waals surface area contributed by atoms with Crippen LogP contribution in [0.5, 0.6) is 0 Å². The van der Waals surface area contributed by atoms with Crippen molar-refractivity contribution < 1.29 is 13.2 Å². The van der Waals surface area contributed by atoms with Crippen molar-refractivity contribution >= 4 is 27.1 Å². The van der Waals surface area contributed by atoms with E-state index in [4.69, 9.17) is 0 Å². The van der Waals surface area contributed by atoms with Gasteiger partial charge in [0.05, 0.1) is 4.90 Å². The van der Waals surface area contributed by atoms with E-state index in [1.807, 2.05) is 23.8 Å². The number of sulfone groups is 1. The molecule has 1 aromatic carbocycles.